The van der Waals surface area contributed by atoms with Crippen molar-refractivity contribution in [1.29, 1.82) is 0 Å². The summed E-state index contributed by atoms with van der Waals surface area (Å²) in [6.45, 7) is 2.47. The SMILES string of the molecule is Cc1nc(CC(NCc2ccc3ncccc3c2)c2ccc(Cl)cc2)cc(=O)[nH]1. The average molecular weight is 405 g/mol. The third-order valence-electron chi connectivity index (χ3n) is 4.82. The van der Waals surface area contributed by atoms with Gasteiger partial charge in [-0.05, 0) is 48.4 Å². The van der Waals surface area contributed by atoms with Crippen LogP contribution in [0, 0.1) is 6.92 Å². The van der Waals surface area contributed by atoms with E-state index in [1.54, 1.807) is 19.2 Å². The molecule has 2 aromatic carbocycles. The zero-order valence-corrected chi connectivity index (χ0v) is 16.8. The van der Waals surface area contributed by atoms with Crippen molar-refractivity contribution in [2.75, 3.05) is 0 Å². The smallest absolute Gasteiger partial charge is 0.251 e. The molecule has 29 heavy (non-hydrogen) atoms. The molecular formula is C23H21ClN4O. The lowest BCUT2D eigenvalue weighted by atomic mass is 10.0. The van der Waals surface area contributed by atoms with Crippen molar-refractivity contribution in [3.63, 3.8) is 0 Å². The summed E-state index contributed by atoms with van der Waals surface area (Å²) < 4.78 is 0. The molecule has 5 nitrogen and oxygen atoms in total. The number of benzene rings is 2. The second-order valence-electron chi connectivity index (χ2n) is 7.04. The molecule has 0 spiro atoms. The number of rotatable bonds is 6. The highest BCUT2D eigenvalue weighted by molar-refractivity contribution is 6.30. The molecule has 0 saturated carbocycles. The number of H-pyrrole nitrogens is 1. The largest absolute Gasteiger partial charge is 0.311 e. The van der Waals surface area contributed by atoms with Gasteiger partial charge >= 0.3 is 0 Å². The number of hydrogen-bond donors (Lipinski definition) is 2. The Morgan fingerprint density at radius 3 is 2.72 bits per heavy atom. The lowest BCUT2D eigenvalue weighted by Crippen LogP contribution is -2.24. The van der Waals surface area contributed by atoms with Gasteiger partial charge in [-0.25, -0.2) is 4.98 Å². The standard InChI is InChI=1S/C23H21ClN4O/c1-15-27-20(13-23(29)28-15)12-22(17-5-7-19(24)8-6-17)26-14-16-4-9-21-18(11-16)3-2-10-25-21/h2-11,13,22,26H,12,14H2,1H3,(H,27,28,29). The van der Waals surface area contributed by atoms with E-state index in [1.165, 1.54) is 5.56 Å². The Hall–Kier alpha value is -3.02. The Bertz CT molecular complexity index is 1190. The Balaban J connectivity index is 1.58. The summed E-state index contributed by atoms with van der Waals surface area (Å²) in [6, 6.07) is 19.6. The van der Waals surface area contributed by atoms with Crippen molar-refractivity contribution >= 4 is 22.5 Å². The van der Waals surface area contributed by atoms with Crippen molar-refractivity contribution < 1.29 is 0 Å². The third kappa shape index (κ3) is 4.88. The van der Waals surface area contributed by atoms with E-state index in [-0.39, 0.29) is 11.6 Å². The molecule has 0 fully saturated rings. The summed E-state index contributed by atoms with van der Waals surface area (Å²) in [6.07, 6.45) is 2.40. The van der Waals surface area contributed by atoms with E-state index in [9.17, 15) is 4.79 Å². The maximum Gasteiger partial charge on any atom is 0.251 e. The number of nitrogens with zero attached hydrogens (tertiary/aromatic N) is 2. The second-order valence-corrected chi connectivity index (χ2v) is 7.48. The molecular weight excluding hydrogens is 384 g/mol. The topological polar surface area (TPSA) is 70.7 Å². The van der Waals surface area contributed by atoms with Gasteiger partial charge < -0.3 is 10.3 Å². The van der Waals surface area contributed by atoms with Crippen LogP contribution in [0.15, 0.2) is 71.7 Å². The maximum absolute atomic E-state index is 11.8. The molecule has 0 radical (unpaired) electrons. The van der Waals surface area contributed by atoms with Gasteiger partial charge in [0, 0.05) is 47.4 Å². The number of pyridine rings is 1. The molecule has 146 valence electrons. The van der Waals surface area contributed by atoms with Crippen LogP contribution in [0.25, 0.3) is 10.9 Å². The van der Waals surface area contributed by atoms with Crippen molar-refractivity contribution in [1.82, 2.24) is 20.3 Å². The van der Waals surface area contributed by atoms with E-state index < -0.39 is 0 Å². The first-order valence-electron chi connectivity index (χ1n) is 9.46. The third-order valence-corrected chi connectivity index (χ3v) is 5.07. The van der Waals surface area contributed by atoms with Crippen LogP contribution in [0.4, 0.5) is 0 Å². The van der Waals surface area contributed by atoms with Crippen LogP contribution in [0.3, 0.4) is 0 Å². The van der Waals surface area contributed by atoms with Gasteiger partial charge in [-0.1, -0.05) is 35.9 Å². The summed E-state index contributed by atoms with van der Waals surface area (Å²) >= 11 is 6.06. The molecule has 0 aliphatic rings. The van der Waals surface area contributed by atoms with Crippen LogP contribution in [0.1, 0.15) is 28.7 Å². The summed E-state index contributed by atoms with van der Waals surface area (Å²) in [5.74, 6) is 0.615. The fourth-order valence-electron chi connectivity index (χ4n) is 3.43. The number of aryl methyl sites for hydroxylation is 1. The monoisotopic (exact) mass is 404 g/mol. The van der Waals surface area contributed by atoms with Gasteiger partial charge in [0.2, 0.25) is 0 Å². The van der Waals surface area contributed by atoms with Gasteiger partial charge in [-0.2, -0.15) is 0 Å². The van der Waals surface area contributed by atoms with E-state index in [0.717, 1.165) is 22.2 Å². The normalized spacial score (nSPS) is 12.2. The number of aromatic nitrogens is 3. The highest BCUT2D eigenvalue weighted by atomic mass is 35.5. The molecule has 6 heteroatoms. The number of halogens is 1. The van der Waals surface area contributed by atoms with E-state index in [1.807, 2.05) is 36.4 Å². The minimum absolute atomic E-state index is 0.00874. The van der Waals surface area contributed by atoms with E-state index >= 15 is 0 Å². The summed E-state index contributed by atoms with van der Waals surface area (Å²) in [7, 11) is 0. The Labute approximate surface area is 173 Å². The molecule has 2 N–H and O–H groups in total. The first kappa shape index (κ1) is 19.3. The first-order chi connectivity index (χ1) is 14.1. The lowest BCUT2D eigenvalue weighted by Gasteiger charge is -2.19. The molecule has 0 bridgehead atoms. The predicted octanol–water partition coefficient (Wildman–Crippen LogP) is 4.35. The molecule has 4 aromatic rings. The van der Waals surface area contributed by atoms with Gasteiger partial charge in [0.15, 0.2) is 0 Å². The number of hydrogen-bond acceptors (Lipinski definition) is 4. The molecule has 2 heterocycles. The van der Waals surface area contributed by atoms with Crippen molar-refractivity contribution in [3.05, 3.63) is 105 Å². The first-order valence-corrected chi connectivity index (χ1v) is 9.84. The van der Waals surface area contributed by atoms with Crippen LogP contribution in [-0.4, -0.2) is 15.0 Å². The Morgan fingerprint density at radius 1 is 1.10 bits per heavy atom. The summed E-state index contributed by atoms with van der Waals surface area (Å²) in [5.41, 5.74) is 3.86. The van der Waals surface area contributed by atoms with Crippen LogP contribution >= 0.6 is 11.6 Å². The number of nitrogens with one attached hydrogen (secondary N) is 2. The van der Waals surface area contributed by atoms with Crippen LogP contribution < -0.4 is 10.9 Å². The minimum Gasteiger partial charge on any atom is -0.311 e. The molecule has 0 aliphatic heterocycles. The zero-order valence-electron chi connectivity index (χ0n) is 16.0. The van der Waals surface area contributed by atoms with Crippen molar-refractivity contribution in [2.24, 2.45) is 0 Å². The fraction of sp³-hybridized carbons (Fsp3) is 0.174. The van der Waals surface area contributed by atoms with Gasteiger partial charge in [0.1, 0.15) is 5.82 Å². The molecule has 2 aromatic heterocycles. The van der Waals surface area contributed by atoms with E-state index in [2.05, 4.69) is 38.5 Å². The molecule has 4 rings (SSSR count). The Morgan fingerprint density at radius 2 is 1.93 bits per heavy atom. The highest BCUT2D eigenvalue weighted by Gasteiger charge is 2.14. The minimum atomic E-state index is -0.135. The summed E-state index contributed by atoms with van der Waals surface area (Å²) in [5, 5.41) is 5.41. The number of fused-ring (bicyclic) bond motifs is 1. The summed E-state index contributed by atoms with van der Waals surface area (Å²) in [4.78, 5) is 23.4. The highest BCUT2D eigenvalue weighted by Crippen LogP contribution is 2.21. The van der Waals surface area contributed by atoms with Gasteiger partial charge in [-0.3, -0.25) is 9.78 Å². The van der Waals surface area contributed by atoms with E-state index in [4.69, 9.17) is 11.6 Å². The van der Waals surface area contributed by atoms with Gasteiger partial charge in [0.05, 0.1) is 5.52 Å². The molecule has 1 unspecified atom stereocenters. The maximum atomic E-state index is 11.8. The number of aromatic amines is 1. The van der Waals surface area contributed by atoms with Crippen molar-refractivity contribution in [2.45, 2.75) is 25.9 Å². The quantitative estimate of drug-likeness (QED) is 0.501. The van der Waals surface area contributed by atoms with Crippen LogP contribution in [0.2, 0.25) is 5.02 Å². The lowest BCUT2D eigenvalue weighted by molar-refractivity contribution is 0.524. The fourth-order valence-corrected chi connectivity index (χ4v) is 3.56. The van der Waals surface area contributed by atoms with E-state index in [0.29, 0.717) is 23.8 Å². The zero-order chi connectivity index (χ0) is 20.2. The predicted molar refractivity (Wildman–Crippen MR) is 116 cm³/mol. The van der Waals surface area contributed by atoms with Gasteiger partial charge in [0.25, 0.3) is 5.56 Å². The van der Waals surface area contributed by atoms with Crippen molar-refractivity contribution in [3.8, 4) is 0 Å². The Kier molecular flexibility index (Phi) is 5.69. The molecule has 0 amide bonds. The molecule has 0 aliphatic carbocycles. The van der Waals surface area contributed by atoms with Crippen LogP contribution in [-0.2, 0) is 13.0 Å². The average Bonchev–Trinajstić information content (AvgIpc) is 2.71. The second kappa shape index (κ2) is 8.55. The van der Waals surface area contributed by atoms with Gasteiger partial charge in [-0.15, -0.1) is 0 Å². The van der Waals surface area contributed by atoms with Crippen LogP contribution in [0.5, 0.6) is 0 Å². The molecule has 1 atom stereocenters. The molecule has 0 saturated heterocycles.